The van der Waals surface area contributed by atoms with Crippen LogP contribution in [0.15, 0.2) is 72.8 Å². The topological polar surface area (TPSA) is 120 Å². The van der Waals surface area contributed by atoms with Crippen LogP contribution in [0, 0.1) is 0 Å². The number of hydrogen-bond acceptors (Lipinski definition) is 6. The average molecular weight is 460 g/mol. The Labute approximate surface area is 246 Å². The molecule has 0 saturated heterocycles. The van der Waals surface area contributed by atoms with Crippen molar-refractivity contribution in [3.05, 3.63) is 89.5 Å². The van der Waals surface area contributed by atoms with Gasteiger partial charge in [-0.05, 0) is 58.7 Å². The van der Waals surface area contributed by atoms with Crippen molar-refractivity contribution in [3.63, 3.8) is 0 Å². The molecule has 0 saturated carbocycles. The maximum atomic E-state index is 11.3. The van der Waals surface area contributed by atoms with Crippen LogP contribution >= 0.6 is 7.92 Å². The minimum atomic E-state index is -1.44. The van der Waals surface area contributed by atoms with Gasteiger partial charge in [-0.2, -0.15) is 0 Å². The molecule has 0 heterocycles. The molecule has 0 spiro atoms. The summed E-state index contributed by atoms with van der Waals surface area (Å²) >= 11 is 0. The number of rotatable bonds is 6. The van der Waals surface area contributed by atoms with Gasteiger partial charge in [0.2, 0.25) is 0 Å². The predicted octanol–water partition coefficient (Wildman–Crippen LogP) is -10.5. The molecule has 3 aromatic carbocycles. The van der Waals surface area contributed by atoms with Crippen LogP contribution in [0.2, 0.25) is 0 Å². The van der Waals surface area contributed by atoms with Crippen LogP contribution in [0.5, 0.6) is 0 Å². The summed E-state index contributed by atoms with van der Waals surface area (Å²) in [7, 11) is -1.44. The van der Waals surface area contributed by atoms with Gasteiger partial charge in [0.1, 0.15) is 0 Å². The van der Waals surface area contributed by atoms with Gasteiger partial charge >= 0.3 is 88.7 Å². The number of hydrogen-bond donors (Lipinski definition) is 0. The zero-order valence-electron chi connectivity index (χ0n) is 17.3. The monoisotopic (exact) mass is 460 g/mol. The molecule has 10 heteroatoms. The smallest absolute Gasteiger partial charge is 0.545 e. The summed E-state index contributed by atoms with van der Waals surface area (Å²) in [4.78, 5) is 33.8. The summed E-state index contributed by atoms with van der Waals surface area (Å²) in [5.74, 6) is -4.03. The Morgan fingerprint density at radius 3 is 1.00 bits per heavy atom. The first kappa shape index (κ1) is 30.5. The molecule has 0 amide bonds. The van der Waals surface area contributed by atoms with E-state index < -0.39 is 25.8 Å². The van der Waals surface area contributed by atoms with Crippen LogP contribution in [0.3, 0.4) is 0 Å². The Hall–Kier alpha value is -0.500. The summed E-state index contributed by atoms with van der Waals surface area (Å²) in [5, 5.41) is 35.6. The van der Waals surface area contributed by atoms with E-state index in [1.54, 1.807) is 36.4 Å². The minimum Gasteiger partial charge on any atom is -0.545 e. The second-order valence-electron chi connectivity index (χ2n) is 5.85. The molecule has 0 atom stereocenters. The Morgan fingerprint density at radius 1 is 0.516 bits per heavy atom. The molecule has 0 aromatic heterocycles. The third-order valence-corrected chi connectivity index (χ3v) is 6.40. The molecule has 0 aliphatic rings. The molecule has 0 aliphatic carbocycles. The van der Waals surface area contributed by atoms with Crippen LogP contribution in [0.25, 0.3) is 0 Å². The van der Waals surface area contributed by atoms with Gasteiger partial charge in [-0.15, -0.1) is 0 Å². The molecule has 0 radical (unpaired) electrons. The summed E-state index contributed by atoms with van der Waals surface area (Å²) < 4.78 is 0. The Balaban J connectivity index is 0.00000300. The van der Waals surface area contributed by atoms with E-state index in [-0.39, 0.29) is 105 Å². The van der Waals surface area contributed by atoms with Crippen molar-refractivity contribution in [2.24, 2.45) is 0 Å². The van der Waals surface area contributed by atoms with Crippen LogP contribution in [0.1, 0.15) is 31.1 Å². The Kier molecular flexibility index (Phi) is 13.7. The van der Waals surface area contributed by atoms with Crippen LogP contribution in [-0.4, -0.2) is 17.9 Å². The molecule has 3 aromatic rings. The molecule has 0 bridgehead atoms. The van der Waals surface area contributed by atoms with Crippen molar-refractivity contribution in [2.75, 3.05) is 0 Å². The average Bonchev–Trinajstić information content (AvgIpc) is 2.69. The zero-order chi connectivity index (χ0) is 20.3. The summed E-state index contributed by atoms with van der Waals surface area (Å²) in [6, 6.07) is 18.3. The fourth-order valence-corrected chi connectivity index (χ4v) is 5.17. The van der Waals surface area contributed by atoms with E-state index in [0.717, 1.165) is 0 Å². The van der Waals surface area contributed by atoms with Crippen LogP contribution in [-0.2, 0) is 0 Å². The van der Waals surface area contributed by atoms with Gasteiger partial charge in [-0.1, -0.05) is 54.6 Å². The molecule has 3 rings (SSSR count). The minimum absolute atomic E-state index is 0. The van der Waals surface area contributed by atoms with Crippen molar-refractivity contribution in [1.82, 2.24) is 0 Å². The van der Waals surface area contributed by atoms with E-state index in [2.05, 4.69) is 0 Å². The van der Waals surface area contributed by atoms with Gasteiger partial charge in [0.05, 0.1) is 17.9 Å². The SMILES string of the molecule is O=C([O-])c1cccc(P(c2cccc(C(=O)[O-])c2)c2cccc(C(=O)[O-])c2)c1.[Na+].[Na+].[Na+]. The van der Waals surface area contributed by atoms with Gasteiger partial charge < -0.3 is 29.7 Å². The van der Waals surface area contributed by atoms with E-state index in [1.165, 1.54) is 36.4 Å². The van der Waals surface area contributed by atoms with Crippen LogP contribution in [0.4, 0.5) is 0 Å². The molecule has 0 fully saturated rings. The van der Waals surface area contributed by atoms with E-state index in [1.807, 2.05) is 0 Å². The van der Waals surface area contributed by atoms with Crippen molar-refractivity contribution < 1.29 is 118 Å². The van der Waals surface area contributed by atoms with Gasteiger partial charge in [-0.3, -0.25) is 0 Å². The number of benzene rings is 3. The van der Waals surface area contributed by atoms with Crippen molar-refractivity contribution in [1.29, 1.82) is 0 Å². The second-order valence-corrected chi connectivity index (χ2v) is 8.07. The quantitative estimate of drug-likeness (QED) is 0.266. The van der Waals surface area contributed by atoms with E-state index in [4.69, 9.17) is 0 Å². The Morgan fingerprint density at radius 2 is 0.774 bits per heavy atom. The Bertz CT molecular complexity index is 953. The molecule has 140 valence electrons. The number of carbonyl (C=O) groups is 3. The van der Waals surface area contributed by atoms with Gasteiger partial charge in [0, 0.05) is 0 Å². The van der Waals surface area contributed by atoms with Crippen molar-refractivity contribution >= 4 is 41.7 Å². The molecule has 6 nitrogen and oxygen atoms in total. The summed E-state index contributed by atoms with van der Waals surface area (Å²) in [5.41, 5.74) is -0.0914. The van der Waals surface area contributed by atoms with E-state index in [0.29, 0.717) is 15.9 Å². The predicted molar refractivity (Wildman–Crippen MR) is 98.1 cm³/mol. The van der Waals surface area contributed by atoms with Crippen molar-refractivity contribution in [3.8, 4) is 0 Å². The second kappa shape index (κ2) is 13.9. The molecule has 0 N–H and O–H groups in total. The molecule has 0 unspecified atom stereocenters. The maximum Gasteiger partial charge on any atom is 1.00 e. The number of carboxylic acids is 3. The fraction of sp³-hybridized carbons (Fsp3) is 0. The normalized spacial score (nSPS) is 9.58. The van der Waals surface area contributed by atoms with E-state index in [9.17, 15) is 29.7 Å². The first-order valence-corrected chi connectivity index (χ1v) is 9.45. The molecular weight excluding hydrogens is 448 g/mol. The largest absolute Gasteiger partial charge is 1.00 e. The van der Waals surface area contributed by atoms with Crippen molar-refractivity contribution in [2.45, 2.75) is 0 Å². The van der Waals surface area contributed by atoms with Gasteiger partial charge in [0.25, 0.3) is 0 Å². The maximum absolute atomic E-state index is 11.3. The summed E-state index contributed by atoms with van der Waals surface area (Å²) in [6.45, 7) is 0. The van der Waals surface area contributed by atoms with Crippen LogP contribution < -0.4 is 120 Å². The third kappa shape index (κ3) is 7.79. The number of carboxylic acid groups (broad SMARTS) is 3. The summed E-state index contributed by atoms with van der Waals surface area (Å²) in [6.07, 6.45) is 0. The first-order chi connectivity index (χ1) is 13.4. The molecule has 0 aliphatic heterocycles. The standard InChI is InChI=1S/C21H15O6P.3Na/c22-19(23)13-4-1-7-16(10-13)28(17-8-2-5-14(11-17)20(24)25)18-9-3-6-15(12-18)21(26)27;;;/h1-12H,(H,22,23)(H,24,25)(H,26,27);;;/q;3*+1/p-3. The number of carbonyl (C=O) groups excluding carboxylic acids is 3. The van der Waals surface area contributed by atoms with Gasteiger partial charge in [-0.25, -0.2) is 0 Å². The molecule has 31 heavy (non-hydrogen) atoms. The van der Waals surface area contributed by atoms with E-state index >= 15 is 0 Å². The number of aromatic carboxylic acids is 3. The third-order valence-electron chi connectivity index (χ3n) is 4.02. The molecular formula is C21H12Na3O6P. The first-order valence-electron chi connectivity index (χ1n) is 8.11. The zero-order valence-corrected chi connectivity index (χ0v) is 24.2. The fourth-order valence-electron chi connectivity index (χ4n) is 2.76. The van der Waals surface area contributed by atoms with Gasteiger partial charge in [0.15, 0.2) is 0 Å².